The SMILES string of the molecule is CC(C)c1nc(Br)cc(SCCS(C)(=O)=O)n1. The average molecular weight is 339 g/mol. The van der Waals surface area contributed by atoms with Gasteiger partial charge < -0.3 is 0 Å². The van der Waals surface area contributed by atoms with Gasteiger partial charge in [0.2, 0.25) is 0 Å². The first kappa shape index (κ1) is 14.9. The summed E-state index contributed by atoms with van der Waals surface area (Å²) in [5.74, 6) is 1.69. The fraction of sp³-hybridized carbons (Fsp3) is 0.600. The van der Waals surface area contributed by atoms with Gasteiger partial charge >= 0.3 is 0 Å². The average Bonchev–Trinajstić information content (AvgIpc) is 2.14. The van der Waals surface area contributed by atoms with Gasteiger partial charge in [-0.25, -0.2) is 18.4 Å². The summed E-state index contributed by atoms with van der Waals surface area (Å²) < 4.78 is 22.8. The molecule has 1 rings (SSSR count). The minimum atomic E-state index is -2.91. The monoisotopic (exact) mass is 338 g/mol. The molecule has 0 aliphatic carbocycles. The van der Waals surface area contributed by atoms with Crippen LogP contribution in [0.25, 0.3) is 0 Å². The van der Waals surface area contributed by atoms with Crippen LogP contribution in [0.1, 0.15) is 25.6 Å². The standard InChI is InChI=1S/C10H15BrN2O2S2/c1-7(2)10-12-8(11)6-9(13-10)16-4-5-17(3,14)15/h6-7H,4-5H2,1-3H3. The summed E-state index contributed by atoms with van der Waals surface area (Å²) in [5.41, 5.74) is 0. The van der Waals surface area contributed by atoms with E-state index < -0.39 is 9.84 Å². The molecule has 0 aliphatic heterocycles. The van der Waals surface area contributed by atoms with Crippen LogP contribution in [-0.2, 0) is 9.84 Å². The lowest BCUT2D eigenvalue weighted by molar-refractivity contribution is 0.603. The number of aromatic nitrogens is 2. The van der Waals surface area contributed by atoms with E-state index in [2.05, 4.69) is 25.9 Å². The van der Waals surface area contributed by atoms with Gasteiger partial charge in [0.1, 0.15) is 25.3 Å². The van der Waals surface area contributed by atoms with Gasteiger partial charge in [0.25, 0.3) is 0 Å². The van der Waals surface area contributed by atoms with Crippen molar-refractivity contribution in [3.63, 3.8) is 0 Å². The molecular weight excluding hydrogens is 324 g/mol. The van der Waals surface area contributed by atoms with Gasteiger partial charge in [-0.2, -0.15) is 0 Å². The minimum absolute atomic E-state index is 0.163. The molecule has 96 valence electrons. The Labute approximate surface area is 115 Å². The predicted molar refractivity (Wildman–Crippen MR) is 74.3 cm³/mol. The third-order valence-corrected chi connectivity index (χ3v) is 4.43. The topological polar surface area (TPSA) is 59.9 Å². The van der Waals surface area contributed by atoms with E-state index in [-0.39, 0.29) is 11.7 Å². The molecule has 17 heavy (non-hydrogen) atoms. The van der Waals surface area contributed by atoms with Gasteiger partial charge in [0, 0.05) is 24.0 Å². The van der Waals surface area contributed by atoms with Crippen LogP contribution in [-0.4, -0.2) is 36.1 Å². The zero-order valence-corrected chi connectivity index (χ0v) is 13.2. The van der Waals surface area contributed by atoms with Crippen molar-refractivity contribution in [3.8, 4) is 0 Å². The van der Waals surface area contributed by atoms with Crippen LogP contribution in [0.3, 0.4) is 0 Å². The third-order valence-electron chi connectivity index (χ3n) is 1.91. The lowest BCUT2D eigenvalue weighted by Crippen LogP contribution is -2.06. The van der Waals surface area contributed by atoms with E-state index in [0.29, 0.717) is 5.75 Å². The second kappa shape index (κ2) is 6.15. The van der Waals surface area contributed by atoms with Crippen LogP contribution < -0.4 is 0 Å². The summed E-state index contributed by atoms with van der Waals surface area (Å²) in [7, 11) is -2.91. The lowest BCUT2D eigenvalue weighted by Gasteiger charge is -2.07. The van der Waals surface area contributed by atoms with E-state index in [1.165, 1.54) is 18.0 Å². The fourth-order valence-electron chi connectivity index (χ4n) is 1.04. The second-order valence-corrected chi connectivity index (χ2v) is 8.21. The van der Waals surface area contributed by atoms with E-state index >= 15 is 0 Å². The number of nitrogens with zero attached hydrogens (tertiary/aromatic N) is 2. The van der Waals surface area contributed by atoms with Crippen molar-refractivity contribution in [1.29, 1.82) is 0 Å². The summed E-state index contributed by atoms with van der Waals surface area (Å²) >= 11 is 4.76. The highest BCUT2D eigenvalue weighted by atomic mass is 79.9. The fourth-order valence-corrected chi connectivity index (χ4v) is 3.70. The summed E-state index contributed by atoms with van der Waals surface area (Å²) in [6, 6.07) is 1.80. The Bertz CT molecular complexity index is 489. The van der Waals surface area contributed by atoms with E-state index in [9.17, 15) is 8.42 Å². The molecule has 0 saturated heterocycles. The molecule has 0 N–H and O–H groups in total. The van der Waals surface area contributed by atoms with Crippen molar-refractivity contribution in [2.75, 3.05) is 17.8 Å². The molecule has 0 atom stereocenters. The van der Waals surface area contributed by atoms with Crippen molar-refractivity contribution in [1.82, 2.24) is 9.97 Å². The molecule has 1 aromatic heterocycles. The van der Waals surface area contributed by atoms with Crippen LogP contribution in [0.4, 0.5) is 0 Å². The van der Waals surface area contributed by atoms with Crippen LogP contribution in [0.2, 0.25) is 0 Å². The Morgan fingerprint density at radius 1 is 1.41 bits per heavy atom. The van der Waals surface area contributed by atoms with Crippen molar-refractivity contribution in [3.05, 3.63) is 16.5 Å². The molecule has 0 fully saturated rings. The third kappa shape index (κ3) is 5.83. The number of rotatable bonds is 5. The molecular formula is C10H15BrN2O2S2. The first-order chi connectivity index (χ1) is 7.78. The van der Waals surface area contributed by atoms with Gasteiger partial charge in [-0.1, -0.05) is 13.8 Å². The summed E-state index contributed by atoms with van der Waals surface area (Å²) in [4.78, 5) is 8.64. The predicted octanol–water partition coefficient (Wildman–Crippen LogP) is 2.50. The molecule has 1 heterocycles. The smallest absolute Gasteiger partial charge is 0.148 e. The van der Waals surface area contributed by atoms with E-state index in [0.717, 1.165) is 15.5 Å². The summed E-state index contributed by atoms with van der Waals surface area (Å²) in [6.07, 6.45) is 1.24. The van der Waals surface area contributed by atoms with E-state index in [4.69, 9.17) is 0 Å². The lowest BCUT2D eigenvalue weighted by atomic mass is 10.2. The van der Waals surface area contributed by atoms with Gasteiger partial charge in [-0.05, 0) is 15.9 Å². The molecule has 0 aromatic carbocycles. The highest BCUT2D eigenvalue weighted by Crippen LogP contribution is 2.21. The largest absolute Gasteiger partial charge is 0.229 e. The molecule has 0 bridgehead atoms. The molecule has 4 nitrogen and oxygen atoms in total. The minimum Gasteiger partial charge on any atom is -0.229 e. The van der Waals surface area contributed by atoms with E-state index in [1.54, 1.807) is 6.07 Å². The number of sulfone groups is 1. The molecule has 7 heteroatoms. The molecule has 1 aromatic rings. The Hall–Kier alpha value is -0.140. The van der Waals surface area contributed by atoms with Crippen LogP contribution >= 0.6 is 27.7 Å². The zero-order chi connectivity index (χ0) is 13.1. The van der Waals surface area contributed by atoms with Crippen LogP contribution in [0.5, 0.6) is 0 Å². The Morgan fingerprint density at radius 3 is 2.59 bits per heavy atom. The van der Waals surface area contributed by atoms with Crippen molar-refractivity contribution >= 4 is 37.5 Å². The van der Waals surface area contributed by atoms with Crippen molar-refractivity contribution in [2.24, 2.45) is 0 Å². The van der Waals surface area contributed by atoms with E-state index in [1.807, 2.05) is 13.8 Å². The number of thioether (sulfide) groups is 1. The number of hydrogen-bond acceptors (Lipinski definition) is 5. The maximum Gasteiger partial charge on any atom is 0.148 e. The van der Waals surface area contributed by atoms with Crippen LogP contribution in [0, 0.1) is 0 Å². The van der Waals surface area contributed by atoms with Gasteiger partial charge in [-0.3, -0.25) is 0 Å². The van der Waals surface area contributed by atoms with Gasteiger partial charge in [0.05, 0.1) is 5.75 Å². The Balaban J connectivity index is 2.71. The maximum absolute atomic E-state index is 11.0. The molecule has 0 unspecified atom stereocenters. The molecule has 0 radical (unpaired) electrons. The Kier molecular flexibility index (Phi) is 5.40. The summed E-state index contributed by atoms with van der Waals surface area (Å²) in [6.45, 7) is 4.04. The highest BCUT2D eigenvalue weighted by molar-refractivity contribution is 9.10. The molecule has 0 spiro atoms. The number of hydrogen-bond donors (Lipinski definition) is 0. The van der Waals surface area contributed by atoms with Gasteiger partial charge in [-0.15, -0.1) is 11.8 Å². The highest BCUT2D eigenvalue weighted by Gasteiger charge is 2.08. The summed E-state index contributed by atoms with van der Waals surface area (Å²) in [5, 5.41) is 0.805. The zero-order valence-electron chi connectivity index (χ0n) is 9.97. The normalized spacial score (nSPS) is 12.1. The molecule has 0 aliphatic rings. The second-order valence-electron chi connectivity index (χ2n) is 4.02. The quantitative estimate of drug-likeness (QED) is 0.609. The number of halogens is 1. The Morgan fingerprint density at radius 2 is 2.06 bits per heavy atom. The maximum atomic E-state index is 11.0. The molecule has 0 amide bonds. The first-order valence-corrected chi connectivity index (χ1v) is 8.97. The first-order valence-electron chi connectivity index (χ1n) is 5.13. The van der Waals surface area contributed by atoms with Crippen molar-refractivity contribution < 1.29 is 8.42 Å². The van der Waals surface area contributed by atoms with Gasteiger partial charge in [0.15, 0.2) is 0 Å². The molecule has 0 saturated carbocycles. The van der Waals surface area contributed by atoms with Crippen LogP contribution in [0.15, 0.2) is 15.7 Å². The van der Waals surface area contributed by atoms with Crippen molar-refractivity contribution in [2.45, 2.75) is 24.8 Å².